The van der Waals surface area contributed by atoms with Gasteiger partial charge in [-0.1, -0.05) is 11.6 Å². The minimum atomic E-state index is 0.690. The summed E-state index contributed by atoms with van der Waals surface area (Å²) in [4.78, 5) is 0. The Labute approximate surface area is 78.8 Å². The van der Waals surface area contributed by atoms with Crippen molar-refractivity contribution >= 4 is 33.0 Å². The van der Waals surface area contributed by atoms with Gasteiger partial charge in [0.15, 0.2) is 0 Å². The Morgan fingerprint density at radius 2 is 2.17 bits per heavy atom. The lowest BCUT2D eigenvalue weighted by Crippen LogP contribution is -1.74. The molecule has 3 heteroatoms. The fraction of sp³-hybridized carbons (Fsp3) is 0. The van der Waals surface area contributed by atoms with Crippen LogP contribution in [0.2, 0.25) is 5.02 Å². The molecule has 0 aliphatic heterocycles. The molecule has 1 nitrogen and oxygen atoms in total. The summed E-state index contributed by atoms with van der Waals surface area (Å²) >= 11 is 7.49. The predicted octanol–water partition coefficient (Wildman–Crippen LogP) is 3.43. The summed E-state index contributed by atoms with van der Waals surface area (Å²) in [5, 5.41) is 12.4. The molecule has 1 aromatic heterocycles. The van der Waals surface area contributed by atoms with Crippen molar-refractivity contribution < 1.29 is 0 Å². The quantitative estimate of drug-likeness (QED) is 0.629. The van der Waals surface area contributed by atoms with Gasteiger partial charge in [-0.15, -0.1) is 11.3 Å². The van der Waals surface area contributed by atoms with Gasteiger partial charge in [-0.2, -0.15) is 5.26 Å². The molecule has 0 unspecified atom stereocenters. The largest absolute Gasteiger partial charge is 0.192 e. The fourth-order valence-corrected chi connectivity index (χ4v) is 2.25. The fourth-order valence-electron chi connectivity index (χ4n) is 1.13. The molecule has 12 heavy (non-hydrogen) atoms. The first kappa shape index (κ1) is 7.60. The van der Waals surface area contributed by atoms with E-state index in [9.17, 15) is 0 Å². The van der Waals surface area contributed by atoms with Gasteiger partial charge in [-0.3, -0.25) is 0 Å². The van der Waals surface area contributed by atoms with Crippen molar-refractivity contribution in [2.45, 2.75) is 0 Å². The van der Waals surface area contributed by atoms with Crippen molar-refractivity contribution in [2.24, 2.45) is 0 Å². The maximum atomic E-state index is 8.76. The van der Waals surface area contributed by atoms with E-state index < -0.39 is 0 Å². The van der Waals surface area contributed by atoms with Gasteiger partial charge in [0.1, 0.15) is 0 Å². The number of fused-ring (bicyclic) bond motifs is 1. The van der Waals surface area contributed by atoms with Crippen LogP contribution in [0, 0.1) is 11.3 Å². The topological polar surface area (TPSA) is 23.8 Å². The number of thiophene rings is 1. The molecule has 0 aliphatic carbocycles. The summed E-state index contributed by atoms with van der Waals surface area (Å²) < 4.78 is 0.996. The highest BCUT2D eigenvalue weighted by Crippen LogP contribution is 2.30. The maximum absolute atomic E-state index is 8.76. The Morgan fingerprint density at radius 1 is 1.33 bits per heavy atom. The number of halogens is 1. The normalized spacial score (nSPS) is 10.0. The molecule has 0 saturated heterocycles. The smallest absolute Gasteiger partial charge is 0.0998 e. The highest BCUT2D eigenvalue weighted by Gasteiger charge is 2.04. The molecule has 0 fully saturated rings. The highest BCUT2D eigenvalue weighted by atomic mass is 35.5. The van der Waals surface area contributed by atoms with Gasteiger partial charge in [0.25, 0.3) is 0 Å². The van der Waals surface area contributed by atoms with Crippen LogP contribution in [0.5, 0.6) is 0 Å². The average molecular weight is 194 g/mol. The van der Waals surface area contributed by atoms with E-state index in [1.807, 2.05) is 11.4 Å². The zero-order valence-corrected chi connectivity index (χ0v) is 7.62. The van der Waals surface area contributed by atoms with Crippen molar-refractivity contribution in [3.8, 4) is 6.07 Å². The van der Waals surface area contributed by atoms with Gasteiger partial charge < -0.3 is 0 Å². The lowest BCUT2D eigenvalue weighted by molar-refractivity contribution is 1.51. The Hall–Kier alpha value is -1.04. The minimum Gasteiger partial charge on any atom is -0.192 e. The summed E-state index contributed by atoms with van der Waals surface area (Å²) in [6, 6.07) is 7.56. The molecule has 2 aromatic rings. The molecule has 0 aliphatic rings. The number of benzene rings is 1. The summed E-state index contributed by atoms with van der Waals surface area (Å²) in [5.74, 6) is 0. The van der Waals surface area contributed by atoms with Crippen molar-refractivity contribution in [2.75, 3.05) is 0 Å². The van der Waals surface area contributed by atoms with E-state index in [0.29, 0.717) is 5.56 Å². The Kier molecular flexibility index (Phi) is 1.76. The highest BCUT2D eigenvalue weighted by molar-refractivity contribution is 7.17. The van der Waals surface area contributed by atoms with Gasteiger partial charge in [0.2, 0.25) is 0 Å². The average Bonchev–Trinajstić information content (AvgIpc) is 2.54. The summed E-state index contributed by atoms with van der Waals surface area (Å²) in [7, 11) is 0. The molecule has 0 N–H and O–H groups in total. The van der Waals surface area contributed by atoms with Crippen LogP contribution < -0.4 is 0 Å². The van der Waals surface area contributed by atoms with Crippen molar-refractivity contribution in [3.63, 3.8) is 0 Å². The molecule has 58 valence electrons. The molecule has 1 aromatic carbocycles. The van der Waals surface area contributed by atoms with Gasteiger partial charge >= 0.3 is 0 Å². The second-order valence-electron chi connectivity index (χ2n) is 2.37. The van der Waals surface area contributed by atoms with Crippen LogP contribution in [0.25, 0.3) is 10.1 Å². The number of nitriles is 1. The van der Waals surface area contributed by atoms with E-state index in [2.05, 4.69) is 6.07 Å². The maximum Gasteiger partial charge on any atom is 0.0998 e. The molecule has 0 atom stereocenters. The van der Waals surface area contributed by atoms with Crippen LogP contribution in [-0.4, -0.2) is 0 Å². The molecule has 0 spiro atoms. The molecular weight excluding hydrogens is 190 g/mol. The third-order valence-electron chi connectivity index (χ3n) is 1.69. The van der Waals surface area contributed by atoms with Gasteiger partial charge in [0.05, 0.1) is 21.4 Å². The summed E-state index contributed by atoms with van der Waals surface area (Å²) in [6.45, 7) is 0. The molecule has 2 rings (SSSR count). The van der Waals surface area contributed by atoms with E-state index >= 15 is 0 Å². The lowest BCUT2D eigenvalue weighted by atomic mass is 10.1. The lowest BCUT2D eigenvalue weighted by Gasteiger charge is -1.94. The third-order valence-corrected chi connectivity index (χ3v) is 3.06. The molecular formula is C9H4ClNS. The number of hydrogen-bond donors (Lipinski definition) is 0. The molecule has 0 amide bonds. The number of hydrogen-bond acceptors (Lipinski definition) is 2. The number of rotatable bonds is 0. The zero-order chi connectivity index (χ0) is 8.55. The summed E-state index contributed by atoms with van der Waals surface area (Å²) in [6.07, 6.45) is 0. The second-order valence-corrected chi connectivity index (χ2v) is 3.69. The zero-order valence-electron chi connectivity index (χ0n) is 6.04. The van der Waals surface area contributed by atoms with Gasteiger partial charge in [-0.05, 0) is 23.6 Å². The molecule has 0 saturated carbocycles. The first-order valence-corrected chi connectivity index (χ1v) is 4.64. The SMILES string of the molecule is N#Cc1ccc(Cl)c2sccc12. The minimum absolute atomic E-state index is 0.690. The standard InChI is InChI=1S/C9H4ClNS/c10-8-2-1-6(5-11)7-3-4-12-9(7)8/h1-4H. The van der Waals surface area contributed by atoms with E-state index in [1.54, 1.807) is 23.5 Å². The van der Waals surface area contributed by atoms with Crippen molar-refractivity contribution in [1.82, 2.24) is 0 Å². The first-order valence-electron chi connectivity index (χ1n) is 3.39. The van der Waals surface area contributed by atoms with Crippen LogP contribution in [0.15, 0.2) is 23.6 Å². The van der Waals surface area contributed by atoms with Gasteiger partial charge in [-0.25, -0.2) is 0 Å². The number of nitrogens with zero attached hydrogens (tertiary/aromatic N) is 1. The van der Waals surface area contributed by atoms with Crippen molar-refractivity contribution in [3.05, 3.63) is 34.2 Å². The van der Waals surface area contributed by atoms with E-state index in [1.165, 1.54) is 0 Å². The molecule has 1 heterocycles. The molecule has 0 bridgehead atoms. The van der Waals surface area contributed by atoms with Crippen LogP contribution in [0.1, 0.15) is 5.56 Å². The van der Waals surface area contributed by atoms with E-state index in [0.717, 1.165) is 15.1 Å². The van der Waals surface area contributed by atoms with Crippen LogP contribution in [0.3, 0.4) is 0 Å². The third kappa shape index (κ3) is 0.989. The Morgan fingerprint density at radius 3 is 2.92 bits per heavy atom. The first-order chi connectivity index (χ1) is 5.83. The summed E-state index contributed by atoms with van der Waals surface area (Å²) in [5.41, 5.74) is 0.690. The van der Waals surface area contributed by atoms with Crippen LogP contribution in [-0.2, 0) is 0 Å². The van der Waals surface area contributed by atoms with Crippen LogP contribution in [0.4, 0.5) is 0 Å². The van der Waals surface area contributed by atoms with Gasteiger partial charge in [0, 0.05) is 5.39 Å². The predicted molar refractivity (Wildman–Crippen MR) is 51.6 cm³/mol. The van der Waals surface area contributed by atoms with Crippen LogP contribution >= 0.6 is 22.9 Å². The Balaban J connectivity index is 2.94. The second kappa shape index (κ2) is 2.78. The Bertz CT molecular complexity index is 467. The molecule has 0 radical (unpaired) electrons. The van der Waals surface area contributed by atoms with E-state index in [-0.39, 0.29) is 0 Å². The van der Waals surface area contributed by atoms with E-state index in [4.69, 9.17) is 16.9 Å². The van der Waals surface area contributed by atoms with Crippen molar-refractivity contribution in [1.29, 1.82) is 5.26 Å². The monoisotopic (exact) mass is 193 g/mol.